The van der Waals surface area contributed by atoms with Crippen molar-refractivity contribution >= 4 is 16.1 Å². The smallest absolute Gasteiger partial charge is 0.00876 e. The molecule has 6 heavy (non-hydrogen) atoms. The van der Waals surface area contributed by atoms with Crippen LogP contribution in [0.4, 0.5) is 0 Å². The molecule has 0 aliphatic heterocycles. The SMILES string of the molecule is CC(C)CNBr. The molecule has 38 valence electrons. The van der Waals surface area contributed by atoms with Crippen molar-refractivity contribution in [3.8, 4) is 0 Å². The van der Waals surface area contributed by atoms with Crippen molar-refractivity contribution in [1.29, 1.82) is 0 Å². The summed E-state index contributed by atoms with van der Waals surface area (Å²) >= 11 is 3.10. The second-order valence-corrected chi connectivity index (χ2v) is 2.29. The van der Waals surface area contributed by atoms with Crippen LogP contribution < -0.4 is 4.34 Å². The molecule has 0 saturated heterocycles. The average Bonchev–Trinajstić information content (AvgIpc) is 1.35. The summed E-state index contributed by atoms with van der Waals surface area (Å²) in [5.41, 5.74) is 0. The molecule has 0 fully saturated rings. The zero-order valence-corrected chi connectivity index (χ0v) is 5.75. The zero-order valence-electron chi connectivity index (χ0n) is 4.16. The molecule has 0 aromatic heterocycles. The van der Waals surface area contributed by atoms with Gasteiger partial charge in [-0.1, -0.05) is 13.8 Å². The van der Waals surface area contributed by atoms with Gasteiger partial charge in [0.25, 0.3) is 0 Å². The van der Waals surface area contributed by atoms with Crippen LogP contribution in [-0.2, 0) is 0 Å². The highest BCUT2D eigenvalue weighted by atomic mass is 79.9. The van der Waals surface area contributed by atoms with Gasteiger partial charge in [0.05, 0.1) is 0 Å². The molecule has 0 bridgehead atoms. The minimum absolute atomic E-state index is 0.740. The molecule has 0 saturated carbocycles. The summed E-state index contributed by atoms with van der Waals surface area (Å²) in [5.74, 6) is 0.740. The van der Waals surface area contributed by atoms with Crippen LogP contribution in [0.2, 0.25) is 0 Å². The van der Waals surface area contributed by atoms with Crippen LogP contribution in [0.25, 0.3) is 0 Å². The second-order valence-electron chi connectivity index (χ2n) is 1.73. The Morgan fingerprint density at radius 1 is 1.67 bits per heavy atom. The van der Waals surface area contributed by atoms with Crippen molar-refractivity contribution in [1.82, 2.24) is 4.34 Å². The largest absolute Gasteiger partial charge is 0.256 e. The molecule has 0 aromatic rings. The van der Waals surface area contributed by atoms with Gasteiger partial charge in [-0.25, -0.2) is 0 Å². The number of rotatable bonds is 2. The molecule has 0 heterocycles. The summed E-state index contributed by atoms with van der Waals surface area (Å²) in [7, 11) is 0. The van der Waals surface area contributed by atoms with Gasteiger partial charge in [-0.15, -0.1) is 0 Å². The van der Waals surface area contributed by atoms with Gasteiger partial charge in [0.1, 0.15) is 0 Å². The summed E-state index contributed by atoms with van der Waals surface area (Å²) in [6.07, 6.45) is 0. The maximum absolute atomic E-state index is 3.10. The average molecular weight is 152 g/mol. The van der Waals surface area contributed by atoms with Gasteiger partial charge < -0.3 is 0 Å². The molecular weight excluding hydrogens is 142 g/mol. The van der Waals surface area contributed by atoms with Crippen molar-refractivity contribution in [2.45, 2.75) is 13.8 Å². The molecule has 2 heteroatoms. The van der Waals surface area contributed by atoms with Crippen molar-refractivity contribution in [2.75, 3.05) is 6.54 Å². The third-order valence-electron chi connectivity index (χ3n) is 0.485. The molecule has 0 spiro atoms. The summed E-state index contributed by atoms with van der Waals surface area (Å²) in [6, 6.07) is 0. The Bertz CT molecular complexity index is 28.7. The Morgan fingerprint density at radius 3 is 2.17 bits per heavy atom. The quantitative estimate of drug-likeness (QED) is 0.591. The maximum atomic E-state index is 3.10. The van der Waals surface area contributed by atoms with Gasteiger partial charge in [-0.2, -0.15) is 0 Å². The lowest BCUT2D eigenvalue weighted by molar-refractivity contribution is 0.644. The minimum atomic E-state index is 0.740. The highest BCUT2D eigenvalue weighted by Crippen LogP contribution is 1.86. The second kappa shape index (κ2) is 3.62. The van der Waals surface area contributed by atoms with Crippen molar-refractivity contribution in [3.63, 3.8) is 0 Å². The molecule has 0 unspecified atom stereocenters. The number of hydrogen-bond donors (Lipinski definition) is 1. The van der Waals surface area contributed by atoms with E-state index in [-0.39, 0.29) is 0 Å². The van der Waals surface area contributed by atoms with E-state index >= 15 is 0 Å². The van der Waals surface area contributed by atoms with Crippen LogP contribution >= 0.6 is 16.1 Å². The Balaban J connectivity index is 2.63. The van der Waals surface area contributed by atoms with E-state index in [0.717, 1.165) is 12.5 Å². The standard InChI is InChI=1S/C4H10BrN/c1-4(2)3-6-5/h4,6H,3H2,1-2H3. The Morgan fingerprint density at radius 2 is 2.17 bits per heavy atom. The summed E-state index contributed by atoms with van der Waals surface area (Å²) in [5, 5.41) is 0. The first-order valence-electron chi connectivity index (χ1n) is 2.11. The minimum Gasteiger partial charge on any atom is -0.256 e. The van der Waals surface area contributed by atoms with E-state index in [1.807, 2.05) is 0 Å². The van der Waals surface area contributed by atoms with E-state index in [9.17, 15) is 0 Å². The predicted molar refractivity (Wildman–Crippen MR) is 31.8 cm³/mol. The summed E-state index contributed by atoms with van der Waals surface area (Å²) < 4.78 is 2.88. The predicted octanol–water partition coefficient (Wildman–Crippen LogP) is 1.54. The van der Waals surface area contributed by atoms with E-state index in [1.54, 1.807) is 0 Å². The van der Waals surface area contributed by atoms with Crippen LogP contribution in [-0.4, -0.2) is 6.54 Å². The lowest BCUT2D eigenvalue weighted by Gasteiger charge is -1.96. The fraction of sp³-hybridized carbons (Fsp3) is 1.00. The Hall–Kier alpha value is 0.440. The van der Waals surface area contributed by atoms with Crippen LogP contribution in [0, 0.1) is 5.92 Å². The highest BCUT2D eigenvalue weighted by Gasteiger charge is 1.85. The molecule has 0 aliphatic rings. The normalized spacial score (nSPS) is 10.0. The molecule has 1 N–H and O–H groups in total. The first-order chi connectivity index (χ1) is 2.77. The maximum Gasteiger partial charge on any atom is 0.00876 e. The van der Waals surface area contributed by atoms with Crippen molar-refractivity contribution in [3.05, 3.63) is 0 Å². The molecule has 0 radical (unpaired) electrons. The number of nitrogens with one attached hydrogen (secondary N) is 1. The number of hydrogen-bond acceptors (Lipinski definition) is 1. The molecule has 1 nitrogen and oxygen atoms in total. The fourth-order valence-corrected chi connectivity index (χ4v) is 0.802. The zero-order chi connectivity index (χ0) is 4.99. The van der Waals surface area contributed by atoms with E-state index in [1.165, 1.54) is 0 Å². The van der Waals surface area contributed by atoms with Gasteiger partial charge in [0.2, 0.25) is 0 Å². The van der Waals surface area contributed by atoms with Gasteiger partial charge in [0, 0.05) is 22.7 Å². The van der Waals surface area contributed by atoms with Crippen LogP contribution in [0.5, 0.6) is 0 Å². The Kier molecular flexibility index (Phi) is 3.89. The lowest BCUT2D eigenvalue weighted by Crippen LogP contribution is -2.06. The van der Waals surface area contributed by atoms with Gasteiger partial charge in [-0.3, -0.25) is 4.34 Å². The Labute approximate surface area is 47.5 Å². The van der Waals surface area contributed by atoms with Gasteiger partial charge in [0.15, 0.2) is 0 Å². The molecule has 0 rings (SSSR count). The highest BCUT2D eigenvalue weighted by molar-refractivity contribution is 9.08. The fourth-order valence-electron chi connectivity index (χ4n) is 0.154. The van der Waals surface area contributed by atoms with Gasteiger partial charge >= 0.3 is 0 Å². The monoisotopic (exact) mass is 151 g/mol. The van der Waals surface area contributed by atoms with E-state index in [2.05, 4.69) is 34.3 Å². The van der Waals surface area contributed by atoms with Crippen LogP contribution in [0.15, 0.2) is 0 Å². The van der Waals surface area contributed by atoms with Crippen LogP contribution in [0.1, 0.15) is 13.8 Å². The molecular formula is C4H10BrN. The lowest BCUT2D eigenvalue weighted by atomic mass is 10.2. The van der Waals surface area contributed by atoms with Crippen LogP contribution in [0.3, 0.4) is 0 Å². The molecule has 0 aliphatic carbocycles. The van der Waals surface area contributed by atoms with E-state index in [4.69, 9.17) is 0 Å². The van der Waals surface area contributed by atoms with E-state index in [0.29, 0.717) is 0 Å². The summed E-state index contributed by atoms with van der Waals surface area (Å²) in [4.78, 5) is 0. The topological polar surface area (TPSA) is 12.0 Å². The molecule has 0 amide bonds. The third kappa shape index (κ3) is 4.44. The number of halogens is 1. The third-order valence-corrected chi connectivity index (χ3v) is 0.809. The summed E-state index contributed by atoms with van der Waals surface area (Å²) in [6.45, 7) is 5.36. The molecule has 0 aromatic carbocycles. The van der Waals surface area contributed by atoms with Crippen molar-refractivity contribution in [2.24, 2.45) is 5.92 Å². The first-order valence-corrected chi connectivity index (χ1v) is 2.90. The van der Waals surface area contributed by atoms with Crippen molar-refractivity contribution < 1.29 is 0 Å². The molecule has 0 atom stereocenters. The van der Waals surface area contributed by atoms with E-state index < -0.39 is 0 Å². The first kappa shape index (κ1) is 6.44. The van der Waals surface area contributed by atoms with Gasteiger partial charge in [-0.05, 0) is 5.92 Å².